The largest absolute Gasteiger partial charge is 0.480 e. The topological polar surface area (TPSA) is 80.0 Å². The molecule has 2 N–H and O–H groups in total. The van der Waals surface area contributed by atoms with Crippen molar-refractivity contribution in [3.63, 3.8) is 0 Å². The first kappa shape index (κ1) is 8.49. The Kier molecular flexibility index (Phi) is 2.02. The highest BCUT2D eigenvalue weighted by atomic mass is 16.4. The summed E-state index contributed by atoms with van der Waals surface area (Å²) in [5.41, 5.74) is 4.10. The summed E-state index contributed by atoms with van der Waals surface area (Å²) in [7, 11) is 0. The molecule has 0 aliphatic carbocycles. The lowest BCUT2D eigenvalue weighted by Gasteiger charge is -2.01. The fraction of sp³-hybridized carbons (Fsp3) is 0.125. The molecule has 0 saturated heterocycles. The lowest BCUT2D eigenvalue weighted by atomic mass is 10.3. The number of aliphatic carboxylic acids is 1. The molecule has 72 valence electrons. The standard InChI is InChI=1S/C8H8N4O2/c13-8(14)5-9-12-7-4-2-1-3-6(7)10-11-12/h1-4,9H,5H2,(H,13,14). The van der Waals surface area contributed by atoms with Crippen molar-refractivity contribution in [1.29, 1.82) is 0 Å². The highest BCUT2D eigenvalue weighted by molar-refractivity contribution is 5.75. The molecule has 0 unspecified atom stereocenters. The number of aromatic nitrogens is 3. The quantitative estimate of drug-likeness (QED) is 0.718. The first-order valence-electron chi connectivity index (χ1n) is 4.03. The molecule has 0 fully saturated rings. The Hall–Kier alpha value is -2.11. The van der Waals surface area contributed by atoms with E-state index in [4.69, 9.17) is 5.11 Å². The minimum atomic E-state index is -0.940. The third-order valence-corrected chi connectivity index (χ3v) is 1.73. The molecule has 6 nitrogen and oxygen atoms in total. The van der Waals surface area contributed by atoms with Gasteiger partial charge in [0.1, 0.15) is 17.6 Å². The van der Waals surface area contributed by atoms with Crippen LogP contribution in [0.25, 0.3) is 11.0 Å². The fourth-order valence-electron chi connectivity index (χ4n) is 1.13. The Morgan fingerprint density at radius 2 is 2.29 bits per heavy atom. The van der Waals surface area contributed by atoms with Crippen molar-refractivity contribution in [2.45, 2.75) is 0 Å². The molecule has 2 rings (SSSR count). The smallest absolute Gasteiger partial charge is 0.324 e. The first-order valence-corrected chi connectivity index (χ1v) is 4.03. The van der Waals surface area contributed by atoms with Crippen LogP contribution in [-0.4, -0.2) is 32.7 Å². The predicted molar refractivity (Wildman–Crippen MR) is 49.4 cm³/mol. The predicted octanol–water partition coefficient (Wildman–Crippen LogP) is 0.0594. The van der Waals surface area contributed by atoms with Crippen LogP contribution >= 0.6 is 0 Å². The summed E-state index contributed by atoms with van der Waals surface area (Å²) in [6, 6.07) is 7.30. The van der Waals surface area contributed by atoms with Gasteiger partial charge in [-0.25, -0.2) is 0 Å². The van der Waals surface area contributed by atoms with Crippen LogP contribution in [0.5, 0.6) is 0 Å². The van der Waals surface area contributed by atoms with Gasteiger partial charge in [0.15, 0.2) is 0 Å². The second-order valence-corrected chi connectivity index (χ2v) is 2.72. The highest BCUT2D eigenvalue weighted by Crippen LogP contribution is 2.07. The number of nitrogens with one attached hydrogen (secondary N) is 1. The second kappa shape index (κ2) is 3.33. The summed E-state index contributed by atoms with van der Waals surface area (Å²) < 4.78 is 0. The number of rotatable bonds is 3. The molecule has 1 heterocycles. The lowest BCUT2D eigenvalue weighted by Crippen LogP contribution is -2.23. The van der Waals surface area contributed by atoms with Crippen LogP contribution < -0.4 is 5.43 Å². The van der Waals surface area contributed by atoms with Crippen molar-refractivity contribution in [2.24, 2.45) is 0 Å². The van der Waals surface area contributed by atoms with E-state index < -0.39 is 5.97 Å². The van der Waals surface area contributed by atoms with Crippen molar-refractivity contribution in [1.82, 2.24) is 15.1 Å². The Morgan fingerprint density at radius 1 is 1.50 bits per heavy atom. The number of fused-ring (bicyclic) bond motifs is 1. The molecule has 0 spiro atoms. The van der Waals surface area contributed by atoms with Crippen molar-refractivity contribution in [3.05, 3.63) is 24.3 Å². The Bertz CT molecular complexity index is 465. The summed E-state index contributed by atoms with van der Waals surface area (Å²) in [6.45, 7) is -0.187. The molecule has 1 aromatic heterocycles. The first-order chi connectivity index (χ1) is 6.77. The van der Waals surface area contributed by atoms with Crippen LogP contribution in [0.2, 0.25) is 0 Å². The minimum absolute atomic E-state index is 0.187. The van der Waals surface area contributed by atoms with Crippen LogP contribution in [0.15, 0.2) is 24.3 Å². The molecule has 1 aromatic carbocycles. The molecule has 2 aromatic rings. The highest BCUT2D eigenvalue weighted by Gasteiger charge is 2.03. The van der Waals surface area contributed by atoms with E-state index in [9.17, 15) is 4.79 Å². The minimum Gasteiger partial charge on any atom is -0.480 e. The molecule has 0 aliphatic heterocycles. The van der Waals surface area contributed by atoms with E-state index in [0.29, 0.717) is 0 Å². The van der Waals surface area contributed by atoms with Gasteiger partial charge in [-0.3, -0.25) is 10.2 Å². The Balaban J connectivity index is 2.29. The van der Waals surface area contributed by atoms with Gasteiger partial charge in [-0.05, 0) is 17.3 Å². The summed E-state index contributed by atoms with van der Waals surface area (Å²) in [5.74, 6) is -0.940. The van der Waals surface area contributed by atoms with Gasteiger partial charge in [0.2, 0.25) is 0 Å². The zero-order valence-electron chi connectivity index (χ0n) is 7.21. The summed E-state index contributed by atoms with van der Waals surface area (Å²) in [4.78, 5) is 11.7. The van der Waals surface area contributed by atoms with Gasteiger partial charge in [0.25, 0.3) is 0 Å². The fourth-order valence-corrected chi connectivity index (χ4v) is 1.13. The van der Waals surface area contributed by atoms with E-state index in [-0.39, 0.29) is 6.54 Å². The maximum Gasteiger partial charge on any atom is 0.324 e. The molecular formula is C8H8N4O2. The number of nitrogens with zero attached hydrogens (tertiary/aromatic N) is 3. The molecule has 6 heteroatoms. The normalized spacial score (nSPS) is 10.3. The van der Waals surface area contributed by atoms with E-state index in [1.807, 2.05) is 18.2 Å². The molecule has 0 amide bonds. The van der Waals surface area contributed by atoms with Crippen molar-refractivity contribution >= 4 is 17.0 Å². The number of carboxylic acid groups (broad SMARTS) is 1. The number of para-hydroxylation sites is 1. The van der Waals surface area contributed by atoms with Crippen molar-refractivity contribution in [2.75, 3.05) is 12.0 Å². The molecule has 0 atom stereocenters. The summed E-state index contributed by atoms with van der Waals surface area (Å²) in [6.07, 6.45) is 0. The van der Waals surface area contributed by atoms with E-state index in [0.717, 1.165) is 11.0 Å². The maximum atomic E-state index is 10.3. The molecule has 14 heavy (non-hydrogen) atoms. The van der Waals surface area contributed by atoms with E-state index in [1.54, 1.807) is 6.07 Å². The third-order valence-electron chi connectivity index (χ3n) is 1.73. The van der Waals surface area contributed by atoms with Gasteiger partial charge in [-0.2, -0.15) is 4.79 Å². The van der Waals surface area contributed by atoms with Gasteiger partial charge in [-0.1, -0.05) is 12.1 Å². The van der Waals surface area contributed by atoms with Crippen LogP contribution in [0.1, 0.15) is 0 Å². The zero-order valence-corrected chi connectivity index (χ0v) is 7.21. The third kappa shape index (κ3) is 1.49. The SMILES string of the molecule is O=C(O)CNn1nnc2ccccc21. The lowest BCUT2D eigenvalue weighted by molar-refractivity contribution is -0.135. The Labute approximate surface area is 79.1 Å². The van der Waals surface area contributed by atoms with Crippen LogP contribution in [-0.2, 0) is 4.79 Å². The van der Waals surface area contributed by atoms with Crippen LogP contribution in [0.3, 0.4) is 0 Å². The molecule has 0 aliphatic rings. The van der Waals surface area contributed by atoms with Crippen molar-refractivity contribution in [3.8, 4) is 0 Å². The van der Waals surface area contributed by atoms with Crippen LogP contribution in [0, 0.1) is 0 Å². The number of hydrogen-bond donors (Lipinski definition) is 2. The molecule has 0 saturated carbocycles. The van der Waals surface area contributed by atoms with Gasteiger partial charge < -0.3 is 5.11 Å². The average molecular weight is 192 g/mol. The van der Waals surface area contributed by atoms with Gasteiger partial charge in [0, 0.05) is 0 Å². The summed E-state index contributed by atoms with van der Waals surface area (Å²) in [5, 5.41) is 16.1. The molecular weight excluding hydrogens is 184 g/mol. The van der Waals surface area contributed by atoms with Crippen molar-refractivity contribution < 1.29 is 9.90 Å². The number of benzene rings is 1. The Morgan fingerprint density at radius 3 is 3.07 bits per heavy atom. The monoisotopic (exact) mass is 192 g/mol. The van der Waals surface area contributed by atoms with E-state index >= 15 is 0 Å². The van der Waals surface area contributed by atoms with Gasteiger partial charge >= 0.3 is 5.97 Å². The van der Waals surface area contributed by atoms with E-state index in [1.165, 1.54) is 4.79 Å². The van der Waals surface area contributed by atoms with E-state index in [2.05, 4.69) is 15.7 Å². The summed E-state index contributed by atoms with van der Waals surface area (Å²) >= 11 is 0. The van der Waals surface area contributed by atoms with Crippen LogP contribution in [0.4, 0.5) is 0 Å². The number of hydrogen-bond acceptors (Lipinski definition) is 4. The number of carbonyl (C=O) groups is 1. The number of carboxylic acids is 1. The van der Waals surface area contributed by atoms with Gasteiger partial charge in [-0.15, -0.1) is 5.10 Å². The maximum absolute atomic E-state index is 10.3. The van der Waals surface area contributed by atoms with Gasteiger partial charge in [0.05, 0.1) is 0 Å². The molecule has 0 bridgehead atoms. The zero-order chi connectivity index (χ0) is 9.97. The molecule has 0 radical (unpaired) electrons. The average Bonchev–Trinajstić information content (AvgIpc) is 2.58. The second-order valence-electron chi connectivity index (χ2n) is 2.72.